The predicted octanol–water partition coefficient (Wildman–Crippen LogP) is 7.45. The van der Waals surface area contributed by atoms with Crippen LogP contribution in [0, 0.1) is 0 Å². The Bertz CT molecular complexity index is 2070. The highest BCUT2D eigenvalue weighted by molar-refractivity contribution is 7.09. The van der Waals surface area contributed by atoms with Crippen LogP contribution < -0.4 is 4.74 Å². The molecule has 0 amide bonds. The molecule has 0 aliphatic carbocycles. The van der Waals surface area contributed by atoms with Gasteiger partial charge in [-0.1, -0.05) is 120 Å². The number of benzene rings is 4. The molecule has 346 valence electrons. The fraction of sp³-hybridized carbons (Fsp3) is 0.500. The molecule has 16 heteroatoms. The van der Waals surface area contributed by atoms with Gasteiger partial charge in [-0.05, 0) is 50.5 Å². The quantitative estimate of drug-likeness (QED) is 0.0682. The van der Waals surface area contributed by atoms with Gasteiger partial charge in [0.2, 0.25) is 5.79 Å². The maximum Gasteiger partial charge on any atom is 0.614 e. The van der Waals surface area contributed by atoms with E-state index >= 15 is 0 Å². The maximum absolute atomic E-state index is 7.89. The van der Waals surface area contributed by atoms with E-state index in [0.29, 0.717) is 17.9 Å². The molecule has 4 aromatic rings. The minimum atomic E-state index is -4.59. The van der Waals surface area contributed by atoms with Crippen molar-refractivity contribution in [2.45, 2.75) is 121 Å². The number of hydrogen-bond donors (Lipinski definition) is 0. The van der Waals surface area contributed by atoms with Gasteiger partial charge in [-0.2, -0.15) is 0 Å². The van der Waals surface area contributed by atoms with Gasteiger partial charge < -0.3 is 65.4 Å². The molecule has 64 heavy (non-hydrogen) atoms. The van der Waals surface area contributed by atoms with Crippen molar-refractivity contribution in [2.75, 3.05) is 34.0 Å². The summed E-state index contributed by atoms with van der Waals surface area (Å²) in [6, 6.07) is 37.0. The van der Waals surface area contributed by atoms with Crippen molar-refractivity contribution in [2.24, 2.45) is 0 Å². The van der Waals surface area contributed by atoms with Crippen molar-refractivity contribution in [3.63, 3.8) is 0 Å². The van der Waals surface area contributed by atoms with Crippen LogP contribution in [-0.4, -0.2) is 109 Å². The van der Waals surface area contributed by atoms with Gasteiger partial charge in [0.05, 0.1) is 46.8 Å². The first-order valence-corrected chi connectivity index (χ1v) is 24.4. The Hall–Kier alpha value is -3.33. The zero-order valence-electron chi connectivity index (χ0n) is 37.1. The lowest BCUT2D eigenvalue weighted by molar-refractivity contribution is -0.331. The topological polar surface area (TPSA) is 129 Å². The summed E-state index contributed by atoms with van der Waals surface area (Å²) >= 11 is 7.89. The standard InChI is InChI=1S/C48H59ClO14Si/c1-46(2)56-32-48(63-46)44(41-39(31-55-48)59-47(3,4)60-41)62-64(49,57-29-36-24-16-17-25-37(36)50-5)61-42-40(53-27-34-20-12-8-13-21-34)38(30-52-26-33-18-10-7-11-19-33)58-45(51-6)43(42)54-28-35-22-14-9-15-23-35/h7-25,38-45H,26-32H2,1-6H3/t38-,39-,40-,41-,42+,43-,44+,45+,48+,64?/m1/s1. The van der Waals surface area contributed by atoms with Gasteiger partial charge in [0, 0.05) is 12.7 Å². The normalized spacial score (nSPS) is 30.5. The summed E-state index contributed by atoms with van der Waals surface area (Å²) < 4.78 is 91.8. The number of methoxy groups -OCH3 is 2. The van der Waals surface area contributed by atoms with Crippen molar-refractivity contribution < 1.29 is 65.4 Å². The van der Waals surface area contributed by atoms with E-state index in [1.54, 1.807) is 28.1 Å². The summed E-state index contributed by atoms with van der Waals surface area (Å²) in [5.74, 6) is -2.91. The molecule has 4 fully saturated rings. The molecule has 10 atom stereocenters. The van der Waals surface area contributed by atoms with Crippen molar-refractivity contribution in [1.29, 1.82) is 0 Å². The van der Waals surface area contributed by atoms with Crippen LogP contribution in [0.2, 0.25) is 0 Å². The summed E-state index contributed by atoms with van der Waals surface area (Å²) in [7, 11) is -1.45. The predicted molar refractivity (Wildman–Crippen MR) is 235 cm³/mol. The lowest BCUT2D eigenvalue weighted by Gasteiger charge is -2.48. The van der Waals surface area contributed by atoms with Crippen molar-refractivity contribution in [1.82, 2.24) is 0 Å². The number of para-hydroxylation sites is 1. The minimum absolute atomic E-state index is 0.00101. The van der Waals surface area contributed by atoms with E-state index < -0.39 is 74.5 Å². The number of hydrogen-bond acceptors (Lipinski definition) is 14. The molecule has 4 aliphatic rings. The molecule has 0 N–H and O–H groups in total. The molecule has 4 heterocycles. The smallest absolute Gasteiger partial charge is 0.496 e. The first-order chi connectivity index (χ1) is 30.9. The largest absolute Gasteiger partial charge is 0.614 e. The third kappa shape index (κ3) is 11.4. The molecule has 4 aliphatic heterocycles. The number of halogens is 1. The average Bonchev–Trinajstić information content (AvgIpc) is 3.80. The Morgan fingerprint density at radius 1 is 0.656 bits per heavy atom. The second-order valence-corrected chi connectivity index (χ2v) is 20.2. The molecule has 8 rings (SSSR count). The fourth-order valence-corrected chi connectivity index (χ4v) is 10.9. The summed E-state index contributed by atoms with van der Waals surface area (Å²) in [4.78, 5) is 0. The Morgan fingerprint density at radius 3 is 1.88 bits per heavy atom. The van der Waals surface area contributed by atoms with E-state index in [1.807, 2.05) is 129 Å². The van der Waals surface area contributed by atoms with Crippen LogP contribution in [0.4, 0.5) is 0 Å². The van der Waals surface area contributed by atoms with Crippen LogP contribution in [0.25, 0.3) is 0 Å². The second-order valence-electron chi connectivity index (χ2n) is 17.1. The molecule has 4 aromatic carbocycles. The molecule has 0 aromatic heterocycles. The molecule has 0 saturated carbocycles. The van der Waals surface area contributed by atoms with Crippen LogP contribution in [0.3, 0.4) is 0 Å². The van der Waals surface area contributed by atoms with Crippen molar-refractivity contribution >= 4 is 19.2 Å². The zero-order chi connectivity index (χ0) is 44.8. The van der Waals surface area contributed by atoms with E-state index in [2.05, 4.69) is 0 Å². The van der Waals surface area contributed by atoms with Gasteiger partial charge in [0.1, 0.15) is 55.1 Å². The average molecular weight is 924 g/mol. The Morgan fingerprint density at radius 2 is 1.27 bits per heavy atom. The lowest BCUT2D eigenvalue weighted by Crippen LogP contribution is -2.68. The highest BCUT2D eigenvalue weighted by atomic mass is 35.6. The third-order valence-corrected chi connectivity index (χ3v) is 13.8. The molecule has 1 spiro atoms. The second kappa shape index (κ2) is 20.7. The Labute approximate surface area is 381 Å². The van der Waals surface area contributed by atoms with Crippen LogP contribution in [0.5, 0.6) is 5.75 Å². The highest BCUT2D eigenvalue weighted by Crippen LogP contribution is 2.47. The molecule has 14 nitrogen and oxygen atoms in total. The van der Waals surface area contributed by atoms with Gasteiger partial charge in [0.25, 0.3) is 0 Å². The number of ether oxygens (including phenoxy) is 11. The van der Waals surface area contributed by atoms with Crippen LogP contribution >= 0.6 is 11.1 Å². The molecular formula is C48H59ClO14Si. The van der Waals surface area contributed by atoms with E-state index in [0.717, 1.165) is 16.7 Å². The maximum atomic E-state index is 7.89. The third-order valence-electron chi connectivity index (χ3n) is 11.4. The summed E-state index contributed by atoms with van der Waals surface area (Å²) in [5.41, 5.74) is 3.54. The number of rotatable bonds is 19. The first kappa shape index (κ1) is 47.2. The van der Waals surface area contributed by atoms with Crippen LogP contribution in [0.1, 0.15) is 49.9 Å². The molecule has 0 bridgehead atoms. The van der Waals surface area contributed by atoms with E-state index in [4.69, 9.17) is 76.5 Å². The van der Waals surface area contributed by atoms with E-state index in [-0.39, 0.29) is 39.6 Å². The van der Waals surface area contributed by atoms with E-state index in [9.17, 15) is 0 Å². The monoisotopic (exact) mass is 922 g/mol. The lowest BCUT2D eigenvalue weighted by atomic mass is 9.97. The van der Waals surface area contributed by atoms with Gasteiger partial charge in [-0.15, -0.1) is 0 Å². The van der Waals surface area contributed by atoms with Crippen LogP contribution in [0.15, 0.2) is 115 Å². The van der Waals surface area contributed by atoms with Crippen molar-refractivity contribution in [3.05, 3.63) is 138 Å². The SMILES string of the molecule is COc1ccccc1CO[Si](Cl)(O[C@@H]1[C@@H](OCc2ccccc2)[C@@H](OC)O[C@H](COCc2ccccc2)[C@H]1OCc1ccccc1)O[C@H]1[C@@H]2OC(C)(C)O[C@@H]2CO[C@]12COC(C)(C)O2. The fourth-order valence-electron chi connectivity index (χ4n) is 8.43. The minimum Gasteiger partial charge on any atom is -0.496 e. The van der Waals surface area contributed by atoms with Crippen LogP contribution in [-0.2, 0) is 87.1 Å². The Balaban J connectivity index is 1.19. The first-order valence-electron chi connectivity index (χ1n) is 21.6. The van der Waals surface area contributed by atoms with Gasteiger partial charge in [0.15, 0.2) is 17.9 Å². The van der Waals surface area contributed by atoms with Gasteiger partial charge >= 0.3 is 8.11 Å². The van der Waals surface area contributed by atoms with Gasteiger partial charge in [-0.3, -0.25) is 0 Å². The molecular weight excluding hydrogens is 864 g/mol. The highest BCUT2D eigenvalue weighted by Gasteiger charge is 2.67. The summed E-state index contributed by atoms with van der Waals surface area (Å²) in [6.07, 6.45) is -6.97. The molecule has 1 unspecified atom stereocenters. The molecule has 4 saturated heterocycles. The summed E-state index contributed by atoms with van der Waals surface area (Å²) in [5, 5.41) is 0. The van der Waals surface area contributed by atoms with Gasteiger partial charge in [-0.25, -0.2) is 0 Å². The number of fused-ring (bicyclic) bond motifs is 1. The Kier molecular flexibility index (Phi) is 15.2. The zero-order valence-corrected chi connectivity index (χ0v) is 38.9. The van der Waals surface area contributed by atoms with E-state index in [1.165, 1.54) is 0 Å². The molecule has 0 radical (unpaired) electrons. The van der Waals surface area contributed by atoms with Crippen molar-refractivity contribution in [3.8, 4) is 5.75 Å². The summed E-state index contributed by atoms with van der Waals surface area (Å²) in [6.45, 7) is 8.17.